The minimum Gasteiger partial charge on any atom is -0.276 e. The number of carbonyl (C=O) groups excluding carboxylic acids is 1. The lowest BCUT2D eigenvalue weighted by atomic mass is 10.2. The maximum absolute atomic E-state index is 10.6. The van der Waals surface area contributed by atoms with Crippen molar-refractivity contribution < 1.29 is 9.72 Å². The molecular formula is C9H9Cl2NO3. The smallest absolute Gasteiger partial charge is 0.276 e. The van der Waals surface area contributed by atoms with Gasteiger partial charge in [-0.15, -0.1) is 0 Å². The van der Waals surface area contributed by atoms with Gasteiger partial charge >= 0.3 is 0 Å². The third-order valence-electron chi connectivity index (χ3n) is 1.37. The molecular weight excluding hydrogens is 241 g/mol. The number of nitrogens with zero attached hydrogens (tertiary/aromatic N) is 1. The predicted molar refractivity (Wildman–Crippen MR) is 59.6 cm³/mol. The Labute approximate surface area is 97.0 Å². The first-order valence-corrected chi connectivity index (χ1v) is 4.91. The third-order valence-corrected chi connectivity index (χ3v) is 1.91. The molecule has 0 bridgehead atoms. The lowest BCUT2D eigenvalue weighted by Crippen LogP contribution is -1.93. The maximum atomic E-state index is 10.6. The van der Waals surface area contributed by atoms with Crippen LogP contribution in [0.15, 0.2) is 18.2 Å². The number of carbonyl (C=O) groups is 1. The fourth-order valence-electron chi connectivity index (χ4n) is 0.775. The molecule has 0 aliphatic rings. The molecule has 0 amide bonds. The molecule has 0 saturated heterocycles. The van der Waals surface area contributed by atoms with Crippen molar-refractivity contribution >= 4 is 34.1 Å². The zero-order valence-electron chi connectivity index (χ0n) is 8.16. The molecule has 1 aromatic rings. The molecule has 1 aromatic carbocycles. The van der Waals surface area contributed by atoms with E-state index in [9.17, 15) is 14.9 Å². The minimum absolute atomic E-state index is 0.0216. The van der Waals surface area contributed by atoms with E-state index in [1.807, 2.05) is 13.8 Å². The van der Waals surface area contributed by atoms with Gasteiger partial charge in [-0.25, -0.2) is 0 Å². The quantitative estimate of drug-likeness (QED) is 0.457. The van der Waals surface area contributed by atoms with Gasteiger partial charge in [0.1, 0.15) is 5.02 Å². The molecule has 0 aromatic heterocycles. The van der Waals surface area contributed by atoms with Crippen LogP contribution >= 0.6 is 23.2 Å². The lowest BCUT2D eigenvalue weighted by Gasteiger charge is -1.96. The van der Waals surface area contributed by atoms with E-state index in [2.05, 4.69) is 0 Å². The summed E-state index contributed by atoms with van der Waals surface area (Å²) in [4.78, 5) is 20.3. The van der Waals surface area contributed by atoms with E-state index in [4.69, 9.17) is 23.2 Å². The van der Waals surface area contributed by atoms with Crippen molar-refractivity contribution in [1.82, 2.24) is 0 Å². The number of hydrogen-bond acceptors (Lipinski definition) is 3. The Kier molecular flexibility index (Phi) is 5.89. The van der Waals surface area contributed by atoms with E-state index in [-0.39, 0.29) is 16.3 Å². The van der Waals surface area contributed by atoms with Gasteiger partial charge < -0.3 is 0 Å². The number of nitro groups is 1. The van der Waals surface area contributed by atoms with E-state index in [0.29, 0.717) is 0 Å². The van der Waals surface area contributed by atoms with Gasteiger partial charge in [-0.1, -0.05) is 25.4 Å². The zero-order chi connectivity index (χ0) is 12.0. The molecule has 6 heteroatoms. The second-order valence-corrected chi connectivity index (χ2v) is 2.95. The molecule has 1 rings (SSSR count). The Morgan fingerprint density at radius 3 is 2.33 bits per heavy atom. The topological polar surface area (TPSA) is 60.2 Å². The van der Waals surface area contributed by atoms with Crippen LogP contribution in [0.3, 0.4) is 0 Å². The van der Waals surface area contributed by atoms with Gasteiger partial charge in [-0.2, -0.15) is 0 Å². The van der Waals surface area contributed by atoms with Crippen LogP contribution in [0.25, 0.3) is 0 Å². The van der Waals surface area contributed by atoms with Crippen molar-refractivity contribution in [2.45, 2.75) is 13.8 Å². The first kappa shape index (κ1) is 13.9. The van der Waals surface area contributed by atoms with Crippen LogP contribution < -0.4 is 0 Å². The Balaban J connectivity index is 0.000000921. The molecule has 0 N–H and O–H groups in total. The summed E-state index contributed by atoms with van der Waals surface area (Å²) >= 11 is 10.6. The van der Waals surface area contributed by atoms with Crippen LogP contribution in [0.5, 0.6) is 0 Å². The van der Waals surface area contributed by atoms with E-state index < -0.39 is 10.2 Å². The Morgan fingerprint density at radius 1 is 1.40 bits per heavy atom. The average Bonchev–Trinajstić information content (AvgIpc) is 2.20. The van der Waals surface area contributed by atoms with Gasteiger partial charge in [-0.05, 0) is 23.7 Å². The van der Waals surface area contributed by atoms with Crippen LogP contribution in [0.4, 0.5) is 5.69 Å². The molecule has 4 nitrogen and oxygen atoms in total. The number of hydrogen-bond donors (Lipinski definition) is 0. The highest BCUT2D eigenvalue weighted by molar-refractivity contribution is 6.67. The summed E-state index contributed by atoms with van der Waals surface area (Å²) in [6.45, 7) is 4.00. The Bertz CT molecular complexity index is 380. The van der Waals surface area contributed by atoms with Crippen molar-refractivity contribution in [1.29, 1.82) is 0 Å². The SMILES string of the molecule is CC.O=C(Cl)c1ccc(Cl)c([N+](=O)[O-])c1. The van der Waals surface area contributed by atoms with Crippen molar-refractivity contribution in [2.24, 2.45) is 0 Å². The molecule has 0 spiro atoms. The Hall–Kier alpha value is -1.13. The molecule has 0 saturated carbocycles. The van der Waals surface area contributed by atoms with Crippen LogP contribution in [-0.4, -0.2) is 10.2 Å². The summed E-state index contributed by atoms with van der Waals surface area (Å²) in [7, 11) is 0. The molecule has 0 radical (unpaired) electrons. The fourth-order valence-corrected chi connectivity index (χ4v) is 1.08. The van der Waals surface area contributed by atoms with Gasteiger partial charge in [-0.3, -0.25) is 14.9 Å². The van der Waals surface area contributed by atoms with Crippen molar-refractivity contribution in [3.63, 3.8) is 0 Å². The van der Waals surface area contributed by atoms with E-state index >= 15 is 0 Å². The summed E-state index contributed by atoms with van der Waals surface area (Å²) in [6, 6.07) is 3.62. The van der Waals surface area contributed by atoms with Crippen LogP contribution in [0.2, 0.25) is 5.02 Å². The highest BCUT2D eigenvalue weighted by Gasteiger charge is 2.14. The van der Waals surface area contributed by atoms with E-state index in [0.717, 1.165) is 6.07 Å². The zero-order valence-corrected chi connectivity index (χ0v) is 9.67. The number of benzene rings is 1. The van der Waals surface area contributed by atoms with Gasteiger partial charge in [0.25, 0.3) is 10.9 Å². The number of halogens is 2. The van der Waals surface area contributed by atoms with Crippen LogP contribution in [0, 0.1) is 10.1 Å². The minimum atomic E-state index is -0.750. The highest BCUT2D eigenvalue weighted by atomic mass is 35.5. The normalized spacial score (nSPS) is 8.80. The summed E-state index contributed by atoms with van der Waals surface area (Å²) in [5, 5.41) is 9.59. The molecule has 0 aliphatic heterocycles. The van der Waals surface area contributed by atoms with Crippen molar-refractivity contribution in [3.8, 4) is 0 Å². The number of rotatable bonds is 2. The summed E-state index contributed by atoms with van der Waals surface area (Å²) in [5.74, 6) is 0. The lowest BCUT2D eigenvalue weighted by molar-refractivity contribution is -0.384. The monoisotopic (exact) mass is 249 g/mol. The largest absolute Gasteiger partial charge is 0.288 e. The first-order chi connectivity index (χ1) is 7.02. The average molecular weight is 250 g/mol. The van der Waals surface area contributed by atoms with E-state index in [1.54, 1.807) is 0 Å². The highest BCUT2D eigenvalue weighted by Crippen LogP contribution is 2.25. The van der Waals surface area contributed by atoms with Crippen LogP contribution in [0.1, 0.15) is 24.2 Å². The molecule has 0 atom stereocenters. The van der Waals surface area contributed by atoms with Gasteiger partial charge in [0.15, 0.2) is 0 Å². The first-order valence-electron chi connectivity index (χ1n) is 4.16. The maximum Gasteiger partial charge on any atom is 0.288 e. The second-order valence-electron chi connectivity index (χ2n) is 2.20. The van der Waals surface area contributed by atoms with Crippen molar-refractivity contribution in [3.05, 3.63) is 38.9 Å². The van der Waals surface area contributed by atoms with Crippen LogP contribution in [-0.2, 0) is 0 Å². The fraction of sp³-hybridized carbons (Fsp3) is 0.222. The summed E-state index contributed by atoms with van der Waals surface area (Å²) < 4.78 is 0. The number of nitro benzene ring substituents is 1. The van der Waals surface area contributed by atoms with E-state index in [1.165, 1.54) is 12.1 Å². The standard InChI is InChI=1S/C7H3Cl2NO3.C2H6/c8-5-2-1-4(7(9)11)3-6(5)10(12)13;1-2/h1-3H;1-2H3. The summed E-state index contributed by atoms with van der Waals surface area (Å²) in [6.07, 6.45) is 0. The van der Waals surface area contributed by atoms with Gasteiger partial charge in [0.05, 0.1) is 4.92 Å². The molecule has 82 valence electrons. The second kappa shape index (κ2) is 6.37. The molecule has 0 unspecified atom stereocenters. The summed E-state index contributed by atoms with van der Waals surface area (Å²) in [5.41, 5.74) is -0.272. The molecule has 0 fully saturated rings. The van der Waals surface area contributed by atoms with Gasteiger partial charge in [0.2, 0.25) is 0 Å². The third kappa shape index (κ3) is 3.85. The molecule has 0 aliphatic carbocycles. The molecule has 0 heterocycles. The van der Waals surface area contributed by atoms with Crippen molar-refractivity contribution in [2.75, 3.05) is 0 Å². The predicted octanol–water partition coefficient (Wildman–Crippen LogP) is 3.65. The Morgan fingerprint density at radius 2 is 1.93 bits per heavy atom. The molecule has 15 heavy (non-hydrogen) atoms. The van der Waals surface area contributed by atoms with Gasteiger partial charge in [0, 0.05) is 11.6 Å².